The zero-order valence-corrected chi connectivity index (χ0v) is 13.4. The number of nitrogens with zero attached hydrogens (tertiary/aromatic N) is 1. The maximum absolute atomic E-state index is 12.4. The van der Waals surface area contributed by atoms with Crippen LogP contribution >= 0.6 is 0 Å². The molecule has 0 bridgehead atoms. The highest BCUT2D eigenvalue weighted by molar-refractivity contribution is 6.01. The molecule has 2 aromatic heterocycles. The summed E-state index contributed by atoms with van der Waals surface area (Å²) >= 11 is 0. The molecule has 0 aliphatic rings. The molecular formula is C19H16N2O3. The van der Waals surface area contributed by atoms with Gasteiger partial charge in [-0.15, -0.1) is 0 Å². The summed E-state index contributed by atoms with van der Waals surface area (Å²) in [5.41, 5.74) is 2.65. The Balaban J connectivity index is 1.82. The van der Waals surface area contributed by atoms with E-state index in [0.29, 0.717) is 22.4 Å². The molecule has 3 rings (SSSR count). The van der Waals surface area contributed by atoms with E-state index in [1.54, 1.807) is 24.4 Å². The van der Waals surface area contributed by atoms with Crippen molar-refractivity contribution in [3.8, 4) is 0 Å². The summed E-state index contributed by atoms with van der Waals surface area (Å²) in [5, 5.41) is 3.13. The van der Waals surface area contributed by atoms with Crippen LogP contribution in [0.15, 0.2) is 58.1 Å². The van der Waals surface area contributed by atoms with Gasteiger partial charge in [-0.25, -0.2) is 4.98 Å². The van der Waals surface area contributed by atoms with Crippen LogP contribution in [0.1, 0.15) is 16.7 Å². The number of hydrogen-bond donors (Lipinski definition) is 1. The standard InChI is InChI=1S/C19H16N2O3/c1-12-3-6-16-15(9-12)19(23)14(11-24-16)5-8-18(22)21-17-7-4-13(2)10-20-17/h3-11H,1-2H3,(H,20,21,22)/b8-5+. The summed E-state index contributed by atoms with van der Waals surface area (Å²) in [6.07, 6.45) is 5.75. The molecule has 120 valence electrons. The molecule has 0 saturated heterocycles. The van der Waals surface area contributed by atoms with E-state index in [9.17, 15) is 9.59 Å². The lowest BCUT2D eigenvalue weighted by Gasteiger charge is -2.01. The summed E-state index contributed by atoms with van der Waals surface area (Å²) in [4.78, 5) is 28.5. The van der Waals surface area contributed by atoms with Gasteiger partial charge in [-0.2, -0.15) is 0 Å². The molecular weight excluding hydrogens is 304 g/mol. The minimum atomic E-state index is -0.366. The minimum Gasteiger partial charge on any atom is -0.463 e. The van der Waals surface area contributed by atoms with Crippen molar-refractivity contribution in [1.29, 1.82) is 0 Å². The fourth-order valence-electron chi connectivity index (χ4n) is 2.25. The van der Waals surface area contributed by atoms with Crippen LogP contribution in [0, 0.1) is 13.8 Å². The van der Waals surface area contributed by atoms with Gasteiger partial charge in [0.15, 0.2) is 5.43 Å². The molecule has 5 heteroatoms. The SMILES string of the molecule is Cc1ccc(NC(=O)/C=C/c2coc3ccc(C)cc3c2=O)nc1. The van der Waals surface area contributed by atoms with Gasteiger partial charge in [0.1, 0.15) is 17.7 Å². The summed E-state index contributed by atoms with van der Waals surface area (Å²) < 4.78 is 5.45. The molecule has 1 aromatic carbocycles. The average molecular weight is 320 g/mol. The zero-order chi connectivity index (χ0) is 17.1. The predicted octanol–water partition coefficient (Wildman–Crippen LogP) is 3.46. The molecule has 1 amide bonds. The van der Waals surface area contributed by atoms with Gasteiger partial charge in [0.05, 0.1) is 10.9 Å². The minimum absolute atomic E-state index is 0.169. The smallest absolute Gasteiger partial charge is 0.249 e. The molecule has 24 heavy (non-hydrogen) atoms. The van der Waals surface area contributed by atoms with Crippen molar-refractivity contribution in [3.63, 3.8) is 0 Å². The number of pyridine rings is 1. The molecule has 5 nitrogen and oxygen atoms in total. The van der Waals surface area contributed by atoms with E-state index < -0.39 is 0 Å². The lowest BCUT2D eigenvalue weighted by molar-refractivity contribution is -0.111. The summed E-state index contributed by atoms with van der Waals surface area (Å²) in [7, 11) is 0. The van der Waals surface area contributed by atoms with Crippen LogP contribution in [0.2, 0.25) is 0 Å². The number of aryl methyl sites for hydroxylation is 2. The summed E-state index contributed by atoms with van der Waals surface area (Å²) in [5.74, 6) is 0.0894. The highest BCUT2D eigenvalue weighted by Crippen LogP contribution is 2.14. The molecule has 1 N–H and O–H groups in total. The Hall–Kier alpha value is -3.21. The highest BCUT2D eigenvalue weighted by Gasteiger charge is 2.06. The van der Waals surface area contributed by atoms with E-state index >= 15 is 0 Å². The first-order chi connectivity index (χ1) is 11.5. The van der Waals surface area contributed by atoms with Gasteiger partial charge >= 0.3 is 0 Å². The molecule has 2 heterocycles. The third kappa shape index (κ3) is 3.41. The van der Waals surface area contributed by atoms with Crippen molar-refractivity contribution >= 4 is 28.8 Å². The Morgan fingerprint density at radius 3 is 2.71 bits per heavy atom. The number of benzene rings is 1. The Labute approximate surface area is 138 Å². The molecule has 0 atom stereocenters. The van der Waals surface area contributed by atoms with Gasteiger partial charge in [0.2, 0.25) is 5.91 Å². The lowest BCUT2D eigenvalue weighted by Crippen LogP contribution is -2.10. The number of nitrogens with one attached hydrogen (secondary N) is 1. The Morgan fingerprint density at radius 1 is 1.17 bits per heavy atom. The van der Waals surface area contributed by atoms with Crippen LogP contribution in [-0.2, 0) is 4.79 Å². The Kier molecular flexibility index (Phi) is 4.24. The van der Waals surface area contributed by atoms with Gasteiger partial charge in [-0.05, 0) is 43.7 Å². The van der Waals surface area contributed by atoms with E-state index in [0.717, 1.165) is 11.1 Å². The number of fused-ring (bicyclic) bond motifs is 1. The Bertz CT molecular complexity index is 986. The summed E-state index contributed by atoms with van der Waals surface area (Å²) in [6.45, 7) is 3.82. The van der Waals surface area contributed by atoms with Crippen molar-refractivity contribution in [2.75, 3.05) is 5.32 Å². The fraction of sp³-hybridized carbons (Fsp3) is 0.105. The number of carbonyl (C=O) groups is 1. The fourth-order valence-corrected chi connectivity index (χ4v) is 2.25. The number of hydrogen-bond acceptors (Lipinski definition) is 4. The maximum Gasteiger partial charge on any atom is 0.249 e. The van der Waals surface area contributed by atoms with Gasteiger partial charge in [-0.3, -0.25) is 9.59 Å². The van der Waals surface area contributed by atoms with Crippen LogP contribution in [0.4, 0.5) is 5.82 Å². The van der Waals surface area contributed by atoms with E-state index in [2.05, 4.69) is 10.3 Å². The van der Waals surface area contributed by atoms with Gasteiger partial charge in [-0.1, -0.05) is 17.7 Å². The third-order valence-corrected chi connectivity index (χ3v) is 3.53. The second-order valence-corrected chi connectivity index (χ2v) is 5.56. The highest BCUT2D eigenvalue weighted by atomic mass is 16.3. The van der Waals surface area contributed by atoms with E-state index in [4.69, 9.17) is 4.42 Å². The number of anilines is 1. The van der Waals surface area contributed by atoms with Gasteiger partial charge in [0.25, 0.3) is 0 Å². The topological polar surface area (TPSA) is 72.2 Å². The number of amides is 1. The van der Waals surface area contributed by atoms with E-state index in [1.807, 2.05) is 26.0 Å². The molecule has 0 saturated carbocycles. The second-order valence-electron chi connectivity index (χ2n) is 5.56. The first-order valence-electron chi connectivity index (χ1n) is 7.47. The van der Waals surface area contributed by atoms with Gasteiger partial charge < -0.3 is 9.73 Å². The molecule has 0 radical (unpaired) electrons. The van der Waals surface area contributed by atoms with Crippen molar-refractivity contribution in [2.24, 2.45) is 0 Å². The number of rotatable bonds is 3. The quantitative estimate of drug-likeness (QED) is 0.750. The van der Waals surface area contributed by atoms with Crippen LogP contribution < -0.4 is 10.7 Å². The Morgan fingerprint density at radius 2 is 1.96 bits per heavy atom. The molecule has 0 unspecified atom stereocenters. The van der Waals surface area contributed by atoms with Crippen molar-refractivity contribution in [2.45, 2.75) is 13.8 Å². The predicted molar refractivity (Wildman–Crippen MR) is 93.9 cm³/mol. The molecule has 0 fully saturated rings. The second kappa shape index (κ2) is 6.50. The van der Waals surface area contributed by atoms with Crippen LogP contribution in [0.25, 0.3) is 17.0 Å². The van der Waals surface area contributed by atoms with Crippen LogP contribution in [0.3, 0.4) is 0 Å². The number of aromatic nitrogens is 1. The van der Waals surface area contributed by atoms with E-state index in [-0.39, 0.29) is 11.3 Å². The monoisotopic (exact) mass is 320 g/mol. The van der Waals surface area contributed by atoms with Crippen molar-refractivity contribution < 1.29 is 9.21 Å². The van der Waals surface area contributed by atoms with Gasteiger partial charge in [0, 0.05) is 12.3 Å². The summed E-state index contributed by atoms with van der Waals surface area (Å²) in [6, 6.07) is 8.98. The first kappa shape index (κ1) is 15.7. The normalized spacial score (nSPS) is 11.1. The van der Waals surface area contributed by atoms with Crippen molar-refractivity contribution in [1.82, 2.24) is 4.98 Å². The lowest BCUT2D eigenvalue weighted by atomic mass is 10.1. The molecule has 0 aliphatic heterocycles. The number of carbonyl (C=O) groups excluding carboxylic acids is 1. The molecule has 0 aliphatic carbocycles. The third-order valence-electron chi connectivity index (χ3n) is 3.53. The van der Waals surface area contributed by atoms with Crippen LogP contribution in [-0.4, -0.2) is 10.9 Å². The zero-order valence-electron chi connectivity index (χ0n) is 13.4. The molecule has 0 spiro atoms. The van der Waals surface area contributed by atoms with Crippen LogP contribution in [0.5, 0.6) is 0 Å². The maximum atomic E-state index is 12.4. The first-order valence-corrected chi connectivity index (χ1v) is 7.47. The van der Waals surface area contributed by atoms with E-state index in [1.165, 1.54) is 18.4 Å². The largest absolute Gasteiger partial charge is 0.463 e. The molecule has 3 aromatic rings. The van der Waals surface area contributed by atoms with Crippen molar-refractivity contribution in [3.05, 3.63) is 75.8 Å². The average Bonchev–Trinajstić information content (AvgIpc) is 2.57.